The maximum absolute atomic E-state index is 13.2. The zero-order valence-corrected chi connectivity index (χ0v) is 19.1. The topological polar surface area (TPSA) is 116 Å². The Morgan fingerprint density at radius 3 is 2.41 bits per heavy atom. The molecule has 0 bridgehead atoms. The van der Waals surface area contributed by atoms with Crippen LogP contribution in [0.2, 0.25) is 5.02 Å². The van der Waals surface area contributed by atoms with Gasteiger partial charge < -0.3 is 20.0 Å². The van der Waals surface area contributed by atoms with Crippen LogP contribution in [-0.2, 0) is 9.59 Å². The van der Waals surface area contributed by atoms with E-state index >= 15 is 0 Å². The van der Waals surface area contributed by atoms with Gasteiger partial charge in [0, 0.05) is 57.1 Å². The Morgan fingerprint density at radius 2 is 1.76 bits per heavy atom. The highest BCUT2D eigenvalue weighted by Crippen LogP contribution is 2.25. The predicted molar refractivity (Wildman–Crippen MR) is 126 cm³/mol. The van der Waals surface area contributed by atoms with E-state index in [0.717, 1.165) is 11.8 Å². The molecule has 11 heteroatoms. The lowest BCUT2D eigenvalue weighted by Crippen LogP contribution is -2.59. The average molecular weight is 486 g/mol. The van der Waals surface area contributed by atoms with E-state index in [9.17, 15) is 24.5 Å². The van der Waals surface area contributed by atoms with Crippen molar-refractivity contribution in [1.82, 2.24) is 15.1 Å². The number of piperazine rings is 2. The molecule has 4 rings (SSSR count). The summed E-state index contributed by atoms with van der Waals surface area (Å²) in [5.41, 5.74) is 0.910. The second-order valence-electron chi connectivity index (χ2n) is 8.13. The van der Waals surface area contributed by atoms with Crippen LogP contribution in [0.15, 0.2) is 48.5 Å². The Labute approximate surface area is 201 Å². The summed E-state index contributed by atoms with van der Waals surface area (Å²) in [6.07, 6.45) is -0.145. The summed E-state index contributed by atoms with van der Waals surface area (Å²) in [7, 11) is 0. The monoisotopic (exact) mass is 485 g/mol. The lowest BCUT2D eigenvalue weighted by atomic mass is 10.0. The number of carbonyl (C=O) groups excluding carboxylic acids is 3. The highest BCUT2D eigenvalue weighted by molar-refractivity contribution is 6.34. The van der Waals surface area contributed by atoms with Crippen molar-refractivity contribution in [3.63, 3.8) is 0 Å². The van der Waals surface area contributed by atoms with Crippen LogP contribution in [-0.4, -0.2) is 77.8 Å². The summed E-state index contributed by atoms with van der Waals surface area (Å²) >= 11 is 6.13. The fourth-order valence-corrected chi connectivity index (χ4v) is 4.51. The fourth-order valence-electron chi connectivity index (χ4n) is 4.25. The number of nitrogens with one attached hydrogen (secondary N) is 1. The van der Waals surface area contributed by atoms with E-state index in [0.29, 0.717) is 26.2 Å². The van der Waals surface area contributed by atoms with Crippen LogP contribution in [0.3, 0.4) is 0 Å². The third-order valence-corrected chi connectivity index (χ3v) is 6.42. The maximum Gasteiger partial charge on any atom is 0.270 e. The van der Waals surface area contributed by atoms with Crippen molar-refractivity contribution in [1.29, 1.82) is 0 Å². The molecule has 2 aliphatic heterocycles. The average Bonchev–Trinajstić information content (AvgIpc) is 2.85. The molecular formula is C23H24ClN5O5. The Balaban J connectivity index is 1.43. The Kier molecular flexibility index (Phi) is 6.97. The number of carbonyl (C=O) groups is 3. The van der Waals surface area contributed by atoms with Gasteiger partial charge in [-0.3, -0.25) is 24.5 Å². The molecule has 0 unspecified atom stereocenters. The molecule has 0 aromatic heterocycles. The first-order valence-electron chi connectivity index (χ1n) is 11.0. The van der Waals surface area contributed by atoms with E-state index in [1.54, 1.807) is 4.90 Å². The maximum atomic E-state index is 13.2. The van der Waals surface area contributed by atoms with Gasteiger partial charge in [0.05, 0.1) is 21.9 Å². The first-order chi connectivity index (χ1) is 16.3. The number of hydrogen-bond donors (Lipinski definition) is 1. The minimum atomic E-state index is -0.979. The molecule has 2 aromatic carbocycles. The third kappa shape index (κ3) is 4.96. The van der Waals surface area contributed by atoms with Gasteiger partial charge in [-0.05, 0) is 18.2 Å². The number of rotatable bonds is 5. The molecule has 2 fully saturated rings. The van der Waals surface area contributed by atoms with Crippen molar-refractivity contribution < 1.29 is 19.3 Å². The molecule has 178 valence electrons. The van der Waals surface area contributed by atoms with Gasteiger partial charge in [-0.2, -0.15) is 0 Å². The summed E-state index contributed by atoms with van der Waals surface area (Å²) in [6.45, 7) is 2.84. The first kappa shape index (κ1) is 23.5. The third-order valence-electron chi connectivity index (χ3n) is 6.11. The second kappa shape index (κ2) is 10.1. The molecule has 0 aliphatic carbocycles. The molecule has 2 aliphatic rings. The van der Waals surface area contributed by atoms with E-state index in [1.807, 2.05) is 30.3 Å². The second-order valence-corrected chi connectivity index (χ2v) is 8.54. The first-order valence-corrected chi connectivity index (χ1v) is 11.3. The van der Waals surface area contributed by atoms with Gasteiger partial charge in [0.25, 0.3) is 11.6 Å². The van der Waals surface area contributed by atoms with Crippen molar-refractivity contribution in [2.45, 2.75) is 12.5 Å². The van der Waals surface area contributed by atoms with Crippen LogP contribution in [0.5, 0.6) is 0 Å². The van der Waals surface area contributed by atoms with Crippen LogP contribution >= 0.6 is 11.6 Å². The molecule has 2 aromatic rings. The van der Waals surface area contributed by atoms with Crippen LogP contribution in [0.25, 0.3) is 0 Å². The standard InChI is InChI=1S/C23H24ClN5O5/c24-19-14-17(29(33)34)6-7-18(19)23(32)28-9-8-25-22(31)20(28)15-21(30)27-12-10-26(11-13-27)16-4-2-1-3-5-16/h1-7,14,20H,8-13,15H2,(H,25,31)/t20-/m1/s1. The summed E-state index contributed by atoms with van der Waals surface area (Å²) in [5.74, 6) is -1.15. The number of non-ortho nitro benzene ring substituents is 1. The minimum Gasteiger partial charge on any atom is -0.368 e. The molecule has 2 heterocycles. The fraction of sp³-hybridized carbons (Fsp3) is 0.348. The molecule has 1 atom stereocenters. The van der Waals surface area contributed by atoms with Crippen LogP contribution in [0.1, 0.15) is 16.8 Å². The number of benzene rings is 2. The van der Waals surface area contributed by atoms with E-state index in [1.165, 1.54) is 17.0 Å². The lowest BCUT2D eigenvalue weighted by molar-refractivity contribution is -0.384. The van der Waals surface area contributed by atoms with Crippen molar-refractivity contribution in [2.24, 2.45) is 0 Å². The van der Waals surface area contributed by atoms with Crippen molar-refractivity contribution >= 4 is 40.7 Å². The molecule has 10 nitrogen and oxygen atoms in total. The van der Waals surface area contributed by atoms with Crippen LogP contribution < -0.4 is 10.2 Å². The van der Waals surface area contributed by atoms with Gasteiger partial charge in [-0.1, -0.05) is 29.8 Å². The molecule has 1 N–H and O–H groups in total. The van der Waals surface area contributed by atoms with Gasteiger partial charge >= 0.3 is 0 Å². The lowest BCUT2D eigenvalue weighted by Gasteiger charge is -2.39. The largest absolute Gasteiger partial charge is 0.368 e. The summed E-state index contributed by atoms with van der Waals surface area (Å²) in [5, 5.41) is 13.6. The highest BCUT2D eigenvalue weighted by Gasteiger charge is 2.37. The highest BCUT2D eigenvalue weighted by atomic mass is 35.5. The van der Waals surface area contributed by atoms with Gasteiger partial charge in [0.15, 0.2) is 0 Å². The number of nitro groups is 1. The van der Waals surface area contributed by atoms with Gasteiger partial charge in [0.1, 0.15) is 6.04 Å². The Bertz CT molecular complexity index is 1100. The molecule has 0 saturated carbocycles. The normalized spacial score (nSPS) is 18.4. The van der Waals surface area contributed by atoms with Crippen LogP contribution in [0, 0.1) is 10.1 Å². The molecular weight excluding hydrogens is 462 g/mol. The summed E-state index contributed by atoms with van der Waals surface area (Å²) < 4.78 is 0. The van der Waals surface area contributed by atoms with Crippen molar-refractivity contribution in [3.05, 3.63) is 69.2 Å². The number of anilines is 1. The zero-order valence-electron chi connectivity index (χ0n) is 18.4. The number of para-hydroxylation sites is 1. The summed E-state index contributed by atoms with van der Waals surface area (Å²) in [6, 6.07) is 12.5. The number of nitrogens with zero attached hydrogens (tertiary/aromatic N) is 4. The number of hydrogen-bond acceptors (Lipinski definition) is 6. The van der Waals surface area contributed by atoms with Gasteiger partial charge in [-0.25, -0.2) is 0 Å². The number of amides is 3. The van der Waals surface area contributed by atoms with Crippen molar-refractivity contribution in [2.75, 3.05) is 44.2 Å². The summed E-state index contributed by atoms with van der Waals surface area (Å²) in [4.78, 5) is 54.4. The Hall–Kier alpha value is -3.66. The Morgan fingerprint density at radius 1 is 1.06 bits per heavy atom. The van der Waals surface area contributed by atoms with Gasteiger partial charge in [-0.15, -0.1) is 0 Å². The van der Waals surface area contributed by atoms with E-state index in [-0.39, 0.29) is 41.7 Å². The smallest absolute Gasteiger partial charge is 0.270 e. The minimum absolute atomic E-state index is 0.0518. The quantitative estimate of drug-likeness (QED) is 0.511. The number of nitro benzene ring substituents is 1. The number of halogens is 1. The van der Waals surface area contributed by atoms with E-state index in [4.69, 9.17) is 11.6 Å². The molecule has 34 heavy (non-hydrogen) atoms. The van der Waals surface area contributed by atoms with E-state index < -0.39 is 22.8 Å². The van der Waals surface area contributed by atoms with Crippen molar-refractivity contribution in [3.8, 4) is 0 Å². The molecule has 3 amide bonds. The van der Waals surface area contributed by atoms with E-state index in [2.05, 4.69) is 10.2 Å². The SMILES string of the molecule is O=C1NCCN(C(=O)c2ccc([N+](=O)[O-])cc2Cl)[C@@H]1CC(=O)N1CCN(c2ccccc2)CC1. The predicted octanol–water partition coefficient (Wildman–Crippen LogP) is 1.93. The van der Waals surface area contributed by atoms with Crippen LogP contribution in [0.4, 0.5) is 11.4 Å². The molecule has 2 saturated heterocycles. The van der Waals surface area contributed by atoms with Gasteiger partial charge in [0.2, 0.25) is 11.8 Å². The molecule has 0 spiro atoms. The molecule has 0 radical (unpaired) electrons. The zero-order chi connectivity index (χ0) is 24.2.